The predicted molar refractivity (Wildman–Crippen MR) is 101 cm³/mol. The highest BCUT2D eigenvalue weighted by Gasteiger charge is 2.19. The summed E-state index contributed by atoms with van der Waals surface area (Å²) < 4.78 is 16.6. The van der Waals surface area contributed by atoms with Crippen molar-refractivity contribution in [3.05, 3.63) is 83.9 Å². The largest absolute Gasteiger partial charge is 0.457 e. The molecule has 1 amide bonds. The lowest BCUT2D eigenvalue weighted by Gasteiger charge is -2.16. The summed E-state index contributed by atoms with van der Waals surface area (Å²) in [6, 6.07) is 22.1. The number of amides is 1. The van der Waals surface area contributed by atoms with E-state index in [1.54, 1.807) is 12.1 Å². The lowest BCUT2D eigenvalue weighted by Crippen LogP contribution is -2.27. The first-order chi connectivity index (χ1) is 13.2. The maximum atomic E-state index is 12.8. The molecule has 1 atom stereocenters. The first kappa shape index (κ1) is 17.0. The minimum atomic E-state index is -0.202. The van der Waals surface area contributed by atoms with Crippen LogP contribution in [0.2, 0.25) is 0 Å². The number of nitrogens with one attached hydrogen (secondary N) is 1. The van der Waals surface area contributed by atoms with E-state index in [1.165, 1.54) is 0 Å². The van der Waals surface area contributed by atoms with Crippen molar-refractivity contribution in [3.8, 4) is 23.0 Å². The highest BCUT2D eigenvalue weighted by atomic mass is 16.7. The molecule has 136 valence electrons. The average Bonchev–Trinajstić information content (AvgIpc) is 3.17. The number of para-hydroxylation sites is 2. The summed E-state index contributed by atoms with van der Waals surface area (Å²) in [7, 11) is 0. The minimum Gasteiger partial charge on any atom is -0.457 e. The molecule has 0 saturated heterocycles. The number of hydrogen-bond donors (Lipinski definition) is 1. The van der Waals surface area contributed by atoms with Crippen molar-refractivity contribution in [2.45, 2.75) is 13.0 Å². The third-order valence-corrected chi connectivity index (χ3v) is 4.35. The Labute approximate surface area is 157 Å². The first-order valence-electron chi connectivity index (χ1n) is 8.73. The summed E-state index contributed by atoms with van der Waals surface area (Å²) in [4.78, 5) is 12.8. The van der Waals surface area contributed by atoms with Crippen molar-refractivity contribution in [3.63, 3.8) is 0 Å². The van der Waals surface area contributed by atoms with Gasteiger partial charge in [0.2, 0.25) is 6.79 Å². The Kier molecular flexibility index (Phi) is 4.66. The van der Waals surface area contributed by atoms with Gasteiger partial charge < -0.3 is 19.5 Å². The smallest absolute Gasteiger partial charge is 0.255 e. The summed E-state index contributed by atoms with van der Waals surface area (Å²) in [5, 5.41) is 3.01. The maximum Gasteiger partial charge on any atom is 0.255 e. The number of carbonyl (C=O) groups excluding carboxylic acids is 1. The van der Waals surface area contributed by atoms with Crippen LogP contribution in [0.25, 0.3) is 0 Å². The number of rotatable bonds is 5. The van der Waals surface area contributed by atoms with Gasteiger partial charge in [-0.1, -0.05) is 36.4 Å². The van der Waals surface area contributed by atoms with E-state index < -0.39 is 0 Å². The topological polar surface area (TPSA) is 56.8 Å². The van der Waals surface area contributed by atoms with Gasteiger partial charge in [0, 0.05) is 0 Å². The summed E-state index contributed by atoms with van der Waals surface area (Å²) in [5.41, 5.74) is 1.42. The van der Waals surface area contributed by atoms with Gasteiger partial charge in [0.05, 0.1) is 11.6 Å². The Morgan fingerprint density at radius 1 is 0.963 bits per heavy atom. The van der Waals surface area contributed by atoms with E-state index >= 15 is 0 Å². The zero-order chi connectivity index (χ0) is 18.6. The molecule has 3 aromatic rings. The Bertz CT molecular complexity index is 956. The minimum absolute atomic E-state index is 0.197. The van der Waals surface area contributed by atoms with Crippen LogP contribution in [0, 0.1) is 0 Å². The summed E-state index contributed by atoms with van der Waals surface area (Å²) in [5.74, 6) is 2.41. The molecule has 1 N–H and O–H groups in total. The van der Waals surface area contributed by atoms with Crippen LogP contribution >= 0.6 is 0 Å². The second kappa shape index (κ2) is 7.41. The molecular formula is C22H19NO4. The SMILES string of the molecule is CC(NC(=O)c1ccccc1Oc1ccccc1)c1ccc2c(c1)OCO2. The first-order valence-corrected chi connectivity index (χ1v) is 8.73. The fraction of sp³-hybridized carbons (Fsp3) is 0.136. The molecule has 0 radical (unpaired) electrons. The van der Waals surface area contributed by atoms with Crippen LogP contribution in [0.4, 0.5) is 0 Å². The number of fused-ring (bicyclic) bond motifs is 1. The molecule has 4 rings (SSSR count). The quantitative estimate of drug-likeness (QED) is 0.716. The van der Waals surface area contributed by atoms with Gasteiger partial charge in [-0.3, -0.25) is 4.79 Å². The molecule has 0 fully saturated rings. The van der Waals surface area contributed by atoms with Gasteiger partial charge in [-0.05, 0) is 48.9 Å². The highest BCUT2D eigenvalue weighted by Crippen LogP contribution is 2.34. The van der Waals surface area contributed by atoms with Crippen LogP contribution in [0.5, 0.6) is 23.0 Å². The number of carbonyl (C=O) groups is 1. The molecule has 27 heavy (non-hydrogen) atoms. The van der Waals surface area contributed by atoms with Crippen LogP contribution < -0.4 is 19.5 Å². The van der Waals surface area contributed by atoms with Crippen molar-refractivity contribution in [2.75, 3.05) is 6.79 Å². The normalized spacial score (nSPS) is 13.1. The van der Waals surface area contributed by atoms with E-state index in [-0.39, 0.29) is 18.7 Å². The molecule has 1 aliphatic heterocycles. The fourth-order valence-corrected chi connectivity index (χ4v) is 2.90. The summed E-state index contributed by atoms with van der Waals surface area (Å²) >= 11 is 0. The monoisotopic (exact) mass is 361 g/mol. The number of benzene rings is 3. The Morgan fingerprint density at radius 2 is 1.70 bits per heavy atom. The predicted octanol–water partition coefficient (Wildman–Crippen LogP) is 4.70. The molecule has 0 aromatic heterocycles. The van der Waals surface area contributed by atoms with Crippen molar-refractivity contribution < 1.29 is 19.0 Å². The van der Waals surface area contributed by atoms with E-state index in [9.17, 15) is 4.79 Å². The molecule has 3 aromatic carbocycles. The molecule has 0 spiro atoms. The molecule has 0 saturated carbocycles. The lowest BCUT2D eigenvalue weighted by atomic mass is 10.1. The highest BCUT2D eigenvalue weighted by molar-refractivity contribution is 5.97. The van der Waals surface area contributed by atoms with Gasteiger partial charge >= 0.3 is 0 Å². The van der Waals surface area contributed by atoms with E-state index in [4.69, 9.17) is 14.2 Å². The van der Waals surface area contributed by atoms with Crippen molar-refractivity contribution in [2.24, 2.45) is 0 Å². The third-order valence-electron chi connectivity index (χ3n) is 4.35. The Morgan fingerprint density at radius 3 is 2.56 bits per heavy atom. The molecule has 1 heterocycles. The van der Waals surface area contributed by atoms with Crippen LogP contribution in [-0.4, -0.2) is 12.7 Å². The number of hydrogen-bond acceptors (Lipinski definition) is 4. The van der Waals surface area contributed by atoms with Gasteiger partial charge in [0.1, 0.15) is 11.5 Å². The van der Waals surface area contributed by atoms with E-state index in [1.807, 2.05) is 67.6 Å². The fourth-order valence-electron chi connectivity index (χ4n) is 2.90. The number of ether oxygens (including phenoxy) is 3. The molecule has 0 bridgehead atoms. The third kappa shape index (κ3) is 3.72. The van der Waals surface area contributed by atoms with E-state index in [0.29, 0.717) is 22.8 Å². The van der Waals surface area contributed by atoms with Gasteiger partial charge in [0.25, 0.3) is 5.91 Å². The van der Waals surface area contributed by atoms with Gasteiger partial charge in [0.15, 0.2) is 11.5 Å². The van der Waals surface area contributed by atoms with Crippen molar-refractivity contribution in [1.29, 1.82) is 0 Å². The van der Waals surface area contributed by atoms with Crippen LogP contribution in [-0.2, 0) is 0 Å². The maximum absolute atomic E-state index is 12.8. The van der Waals surface area contributed by atoms with Crippen LogP contribution in [0.1, 0.15) is 28.9 Å². The Hall–Kier alpha value is -3.47. The van der Waals surface area contributed by atoms with E-state index in [2.05, 4.69) is 5.32 Å². The van der Waals surface area contributed by atoms with Crippen molar-refractivity contribution >= 4 is 5.91 Å². The zero-order valence-corrected chi connectivity index (χ0v) is 14.8. The molecule has 1 aliphatic rings. The molecule has 5 nitrogen and oxygen atoms in total. The van der Waals surface area contributed by atoms with Gasteiger partial charge in [-0.25, -0.2) is 0 Å². The second-order valence-corrected chi connectivity index (χ2v) is 6.22. The summed E-state index contributed by atoms with van der Waals surface area (Å²) in [6.07, 6.45) is 0. The van der Waals surface area contributed by atoms with Crippen LogP contribution in [0.15, 0.2) is 72.8 Å². The molecule has 0 aliphatic carbocycles. The van der Waals surface area contributed by atoms with Gasteiger partial charge in [-0.2, -0.15) is 0 Å². The second-order valence-electron chi connectivity index (χ2n) is 6.22. The average molecular weight is 361 g/mol. The van der Waals surface area contributed by atoms with Crippen molar-refractivity contribution in [1.82, 2.24) is 5.32 Å². The standard InChI is InChI=1S/C22H19NO4/c1-15(16-11-12-20-21(13-16)26-14-25-20)23-22(24)18-9-5-6-10-19(18)27-17-7-3-2-4-8-17/h2-13,15H,14H2,1H3,(H,23,24). The zero-order valence-electron chi connectivity index (χ0n) is 14.8. The molecular weight excluding hydrogens is 342 g/mol. The van der Waals surface area contributed by atoms with E-state index in [0.717, 1.165) is 11.3 Å². The molecule has 1 unspecified atom stereocenters. The van der Waals surface area contributed by atoms with Gasteiger partial charge in [-0.15, -0.1) is 0 Å². The molecule has 5 heteroatoms. The van der Waals surface area contributed by atoms with Crippen LogP contribution in [0.3, 0.4) is 0 Å². The summed E-state index contributed by atoms with van der Waals surface area (Å²) in [6.45, 7) is 2.15. The Balaban J connectivity index is 1.51. The lowest BCUT2D eigenvalue weighted by molar-refractivity contribution is 0.0937.